The van der Waals surface area contributed by atoms with Gasteiger partial charge in [0, 0.05) is 22.7 Å². The third kappa shape index (κ3) is 3.48. The molecule has 0 radical (unpaired) electrons. The first-order chi connectivity index (χ1) is 13.6. The molecule has 7 heteroatoms. The summed E-state index contributed by atoms with van der Waals surface area (Å²) in [7, 11) is 0. The Balaban J connectivity index is 1.71. The van der Waals surface area contributed by atoms with Gasteiger partial charge in [0.1, 0.15) is 11.9 Å². The highest BCUT2D eigenvalue weighted by Crippen LogP contribution is 2.37. The molecular weight excluding hydrogens is 354 g/mol. The molecule has 7 nitrogen and oxygen atoms in total. The van der Waals surface area contributed by atoms with E-state index in [1.807, 2.05) is 19.1 Å². The quantitative estimate of drug-likeness (QED) is 0.501. The lowest BCUT2D eigenvalue weighted by atomic mass is 9.93. The van der Waals surface area contributed by atoms with Gasteiger partial charge in [0.05, 0.1) is 18.3 Å². The molecule has 4 rings (SSSR count). The van der Waals surface area contributed by atoms with Crippen molar-refractivity contribution in [3.63, 3.8) is 0 Å². The summed E-state index contributed by atoms with van der Waals surface area (Å²) in [5, 5.41) is 21.7. The van der Waals surface area contributed by atoms with Gasteiger partial charge in [-0.1, -0.05) is 6.92 Å². The monoisotopic (exact) mass is 381 g/mol. The van der Waals surface area contributed by atoms with Crippen LogP contribution < -0.4 is 11.1 Å². The van der Waals surface area contributed by atoms with Gasteiger partial charge in [-0.05, 0) is 62.2 Å². The minimum atomic E-state index is -0.0514. The zero-order valence-electron chi connectivity index (χ0n) is 16.3. The molecule has 5 N–H and O–H groups in total. The van der Waals surface area contributed by atoms with Crippen LogP contribution in [0.5, 0.6) is 5.75 Å². The van der Waals surface area contributed by atoms with Crippen molar-refractivity contribution < 1.29 is 9.84 Å². The van der Waals surface area contributed by atoms with Crippen LogP contribution in [-0.4, -0.2) is 45.5 Å². The molecule has 3 atom stereocenters. The molecule has 28 heavy (non-hydrogen) atoms. The van der Waals surface area contributed by atoms with Gasteiger partial charge < -0.3 is 20.9 Å². The Bertz CT molecular complexity index is 953. The highest BCUT2D eigenvalue weighted by Gasteiger charge is 2.36. The summed E-state index contributed by atoms with van der Waals surface area (Å²) in [4.78, 5) is 4.71. The number of hydrogen-bond donors (Lipinski definition) is 4. The van der Waals surface area contributed by atoms with E-state index in [1.165, 1.54) is 0 Å². The first-order valence-electron chi connectivity index (χ1n) is 9.83. The molecule has 0 amide bonds. The first-order valence-corrected chi connectivity index (χ1v) is 9.83. The number of benzene rings is 1. The van der Waals surface area contributed by atoms with Crippen LogP contribution in [0, 0.1) is 6.92 Å². The Labute approximate surface area is 164 Å². The number of aromatic nitrogens is 3. The van der Waals surface area contributed by atoms with Crippen molar-refractivity contribution in [2.24, 2.45) is 5.73 Å². The van der Waals surface area contributed by atoms with Crippen LogP contribution in [0.25, 0.3) is 22.3 Å². The fourth-order valence-corrected chi connectivity index (χ4v) is 3.85. The number of nitrogens with zero attached hydrogens (tertiary/aromatic N) is 2. The number of aromatic hydroxyl groups is 1. The number of pyridine rings is 1. The average molecular weight is 381 g/mol. The molecule has 0 spiro atoms. The summed E-state index contributed by atoms with van der Waals surface area (Å²) >= 11 is 0. The Morgan fingerprint density at radius 2 is 2.14 bits per heavy atom. The molecule has 3 unspecified atom stereocenters. The lowest BCUT2D eigenvalue weighted by molar-refractivity contribution is -0.0929. The number of aromatic amines is 1. The Morgan fingerprint density at radius 1 is 1.36 bits per heavy atom. The van der Waals surface area contributed by atoms with E-state index >= 15 is 0 Å². The summed E-state index contributed by atoms with van der Waals surface area (Å²) in [6.45, 7) is 5.54. The summed E-state index contributed by atoms with van der Waals surface area (Å²) in [6.07, 6.45) is 1.94. The van der Waals surface area contributed by atoms with Gasteiger partial charge in [-0.3, -0.25) is 5.10 Å². The van der Waals surface area contributed by atoms with Gasteiger partial charge in [-0.15, -0.1) is 0 Å². The lowest BCUT2D eigenvalue weighted by Gasteiger charge is -2.40. The molecule has 3 aromatic rings. The lowest BCUT2D eigenvalue weighted by Crippen LogP contribution is -2.52. The van der Waals surface area contributed by atoms with E-state index in [4.69, 9.17) is 15.5 Å². The number of hydrogen-bond acceptors (Lipinski definition) is 6. The zero-order chi connectivity index (χ0) is 19.7. The number of aryl methyl sites for hydroxylation is 1. The third-order valence-electron chi connectivity index (χ3n) is 5.48. The number of phenolic OH excluding ortho intramolecular Hbond substituents is 1. The second-order valence-corrected chi connectivity index (χ2v) is 7.40. The normalized spacial score (nSPS) is 20.2. The van der Waals surface area contributed by atoms with E-state index in [0.29, 0.717) is 24.8 Å². The molecule has 2 aromatic heterocycles. The van der Waals surface area contributed by atoms with Crippen LogP contribution in [0.15, 0.2) is 30.3 Å². The van der Waals surface area contributed by atoms with E-state index in [2.05, 4.69) is 28.5 Å². The van der Waals surface area contributed by atoms with Crippen LogP contribution in [0.2, 0.25) is 0 Å². The standard InChI is InChI=1S/C21H27N5O2/c1-3-14(8-9-22)23-18-11-28-20(18)16-10-17(13-4-6-15(27)7-5-13)24-21-19(16)12(2)25-26-21/h4-7,10,14,18,20,23,27H,3,8-9,11,22H2,1-2H3,(H,24,25,26). The topological polar surface area (TPSA) is 109 Å². The fourth-order valence-electron chi connectivity index (χ4n) is 3.85. The van der Waals surface area contributed by atoms with E-state index in [9.17, 15) is 5.11 Å². The predicted molar refractivity (Wildman–Crippen MR) is 109 cm³/mol. The van der Waals surface area contributed by atoms with Crippen LogP contribution in [-0.2, 0) is 4.74 Å². The summed E-state index contributed by atoms with van der Waals surface area (Å²) in [6, 6.07) is 9.76. The molecule has 1 aliphatic heterocycles. The first kappa shape index (κ1) is 18.9. The number of rotatable bonds is 7. The molecule has 3 heterocycles. The second kappa shape index (κ2) is 7.87. The van der Waals surface area contributed by atoms with Gasteiger partial charge in [-0.25, -0.2) is 4.98 Å². The van der Waals surface area contributed by atoms with E-state index in [0.717, 1.165) is 40.7 Å². The molecule has 0 bridgehead atoms. The van der Waals surface area contributed by atoms with Crippen molar-refractivity contribution in [2.45, 2.75) is 44.9 Å². The predicted octanol–water partition coefficient (Wildman–Crippen LogP) is 2.80. The van der Waals surface area contributed by atoms with Crippen molar-refractivity contribution in [3.05, 3.63) is 41.6 Å². The third-order valence-corrected chi connectivity index (χ3v) is 5.48. The number of fused-ring (bicyclic) bond motifs is 1. The Morgan fingerprint density at radius 3 is 2.79 bits per heavy atom. The highest BCUT2D eigenvalue weighted by atomic mass is 16.5. The molecule has 1 fully saturated rings. The molecular formula is C21H27N5O2. The molecule has 0 aliphatic carbocycles. The maximum absolute atomic E-state index is 9.58. The van der Waals surface area contributed by atoms with Crippen molar-refractivity contribution in [3.8, 4) is 17.0 Å². The van der Waals surface area contributed by atoms with Crippen LogP contribution >= 0.6 is 0 Å². The highest BCUT2D eigenvalue weighted by molar-refractivity contribution is 5.85. The maximum atomic E-state index is 9.58. The fraction of sp³-hybridized carbons (Fsp3) is 0.429. The Hall–Kier alpha value is -2.48. The van der Waals surface area contributed by atoms with E-state index in [-0.39, 0.29) is 17.9 Å². The van der Waals surface area contributed by atoms with Crippen molar-refractivity contribution in [1.82, 2.24) is 20.5 Å². The number of ether oxygens (including phenoxy) is 1. The van der Waals surface area contributed by atoms with Crippen molar-refractivity contribution in [1.29, 1.82) is 0 Å². The largest absolute Gasteiger partial charge is 0.508 e. The van der Waals surface area contributed by atoms with Gasteiger partial charge in [0.25, 0.3) is 0 Å². The van der Waals surface area contributed by atoms with Gasteiger partial charge in [0.2, 0.25) is 0 Å². The number of nitrogens with one attached hydrogen (secondary N) is 2. The van der Waals surface area contributed by atoms with E-state index in [1.54, 1.807) is 12.1 Å². The van der Waals surface area contributed by atoms with Crippen LogP contribution in [0.1, 0.15) is 37.1 Å². The number of nitrogens with two attached hydrogens (primary N) is 1. The number of H-pyrrole nitrogens is 1. The molecule has 1 aliphatic rings. The minimum Gasteiger partial charge on any atom is -0.508 e. The Kier molecular flexibility index (Phi) is 5.30. The molecule has 1 aromatic carbocycles. The summed E-state index contributed by atoms with van der Waals surface area (Å²) < 4.78 is 5.99. The van der Waals surface area contributed by atoms with Crippen molar-refractivity contribution >= 4 is 11.0 Å². The van der Waals surface area contributed by atoms with Crippen molar-refractivity contribution in [2.75, 3.05) is 13.2 Å². The van der Waals surface area contributed by atoms with Gasteiger partial charge in [0.15, 0.2) is 5.65 Å². The second-order valence-electron chi connectivity index (χ2n) is 7.40. The number of phenols is 1. The van der Waals surface area contributed by atoms with Crippen LogP contribution in [0.4, 0.5) is 0 Å². The van der Waals surface area contributed by atoms with Gasteiger partial charge >= 0.3 is 0 Å². The SMILES string of the molecule is CCC(CCN)NC1COC1c1cc(-c2ccc(O)cc2)nc2n[nH]c(C)c12. The van der Waals surface area contributed by atoms with Gasteiger partial charge in [-0.2, -0.15) is 5.10 Å². The molecule has 0 saturated carbocycles. The van der Waals surface area contributed by atoms with E-state index < -0.39 is 0 Å². The zero-order valence-corrected chi connectivity index (χ0v) is 16.3. The minimum absolute atomic E-state index is 0.0514. The van der Waals surface area contributed by atoms with Crippen LogP contribution in [0.3, 0.4) is 0 Å². The molecule has 148 valence electrons. The molecule has 1 saturated heterocycles. The summed E-state index contributed by atoms with van der Waals surface area (Å²) in [5.41, 5.74) is 10.3. The maximum Gasteiger partial charge on any atom is 0.182 e. The smallest absolute Gasteiger partial charge is 0.182 e. The summed E-state index contributed by atoms with van der Waals surface area (Å²) in [5.74, 6) is 0.234. The average Bonchev–Trinajstić information content (AvgIpc) is 3.05.